The Kier molecular flexibility index (Phi) is 4.34. The maximum Gasteiger partial charge on any atom is 0.329 e. The number of carboxylic acids is 1. The largest absolute Gasteiger partial charge is 0.480 e. The van der Waals surface area contributed by atoms with Gasteiger partial charge >= 0.3 is 5.97 Å². The van der Waals surface area contributed by atoms with E-state index in [0.29, 0.717) is 25.9 Å². The molecule has 2 fully saturated rings. The summed E-state index contributed by atoms with van der Waals surface area (Å²) in [5, 5.41) is 11.9. The first-order valence-corrected chi connectivity index (χ1v) is 7.48. The zero-order valence-corrected chi connectivity index (χ0v) is 11.5. The molecule has 0 aromatic heterocycles. The number of aliphatic carboxylic acids is 1. The van der Waals surface area contributed by atoms with Gasteiger partial charge in [-0.2, -0.15) is 0 Å². The number of hydrogen-bond donors (Lipinski definition) is 2. The maximum absolute atomic E-state index is 11.9. The van der Waals surface area contributed by atoms with E-state index in [1.165, 1.54) is 11.8 Å². The number of nitrogens with one attached hydrogen (secondary N) is 1. The first-order chi connectivity index (χ1) is 9.03. The van der Waals surface area contributed by atoms with Gasteiger partial charge in [0.25, 0.3) is 5.24 Å². The Morgan fingerprint density at radius 1 is 1.37 bits per heavy atom. The lowest BCUT2D eigenvalue weighted by Crippen LogP contribution is -2.52. The second-order valence-electron chi connectivity index (χ2n) is 4.99. The third-order valence-corrected chi connectivity index (χ3v) is 4.59. The molecule has 0 bridgehead atoms. The molecular weight excluding hydrogens is 268 g/mol. The molecule has 6 nitrogen and oxygen atoms in total. The van der Waals surface area contributed by atoms with Crippen molar-refractivity contribution >= 4 is 28.9 Å². The molecule has 1 aliphatic carbocycles. The van der Waals surface area contributed by atoms with Gasteiger partial charge in [-0.15, -0.1) is 0 Å². The highest BCUT2D eigenvalue weighted by Crippen LogP contribution is 2.30. The van der Waals surface area contributed by atoms with Crippen molar-refractivity contribution in [3.8, 4) is 0 Å². The van der Waals surface area contributed by atoms with Crippen LogP contribution in [0.2, 0.25) is 0 Å². The first-order valence-electron chi connectivity index (χ1n) is 6.50. The standard InChI is InChI=1S/C12H18N2O4S/c15-9(3-6-14-7-8-19-11(14)18)13-12(10(16)17)4-1-2-5-12/h1-8H2,(H,13,15)(H,16,17). The molecule has 2 rings (SSSR count). The van der Waals surface area contributed by atoms with Gasteiger partial charge in [0.05, 0.1) is 0 Å². The Morgan fingerprint density at radius 3 is 2.58 bits per heavy atom. The lowest BCUT2D eigenvalue weighted by atomic mass is 9.97. The fourth-order valence-electron chi connectivity index (χ4n) is 2.57. The van der Waals surface area contributed by atoms with Crippen molar-refractivity contribution in [2.45, 2.75) is 37.6 Å². The summed E-state index contributed by atoms with van der Waals surface area (Å²) in [4.78, 5) is 36.1. The molecule has 0 aromatic carbocycles. The molecule has 0 radical (unpaired) electrons. The fraction of sp³-hybridized carbons (Fsp3) is 0.750. The number of amides is 2. The van der Waals surface area contributed by atoms with Gasteiger partial charge in [-0.25, -0.2) is 4.79 Å². The summed E-state index contributed by atoms with van der Waals surface area (Å²) in [6, 6.07) is 0. The average Bonchev–Trinajstić information content (AvgIpc) is 2.97. The van der Waals surface area contributed by atoms with E-state index >= 15 is 0 Å². The van der Waals surface area contributed by atoms with Gasteiger partial charge in [-0.05, 0) is 12.8 Å². The number of nitrogens with zero attached hydrogens (tertiary/aromatic N) is 1. The molecule has 2 N–H and O–H groups in total. The number of thioether (sulfide) groups is 1. The molecule has 0 unspecified atom stereocenters. The Hall–Kier alpha value is -1.24. The minimum absolute atomic E-state index is 0.00149. The summed E-state index contributed by atoms with van der Waals surface area (Å²) in [5.41, 5.74) is -1.08. The van der Waals surface area contributed by atoms with Crippen molar-refractivity contribution in [3.63, 3.8) is 0 Å². The molecule has 1 aliphatic heterocycles. The minimum atomic E-state index is -1.08. The normalized spacial score (nSPS) is 21.7. The number of carbonyl (C=O) groups is 3. The van der Waals surface area contributed by atoms with Gasteiger partial charge in [0, 0.05) is 25.3 Å². The van der Waals surface area contributed by atoms with Gasteiger partial charge in [0.15, 0.2) is 0 Å². The van der Waals surface area contributed by atoms with E-state index < -0.39 is 11.5 Å². The van der Waals surface area contributed by atoms with E-state index in [-0.39, 0.29) is 17.6 Å². The monoisotopic (exact) mass is 286 g/mol. The van der Waals surface area contributed by atoms with Crippen molar-refractivity contribution in [2.24, 2.45) is 0 Å². The summed E-state index contributed by atoms with van der Waals surface area (Å²) in [7, 11) is 0. The maximum atomic E-state index is 11.9. The lowest BCUT2D eigenvalue weighted by molar-refractivity contribution is -0.147. The van der Waals surface area contributed by atoms with Crippen LogP contribution in [0.3, 0.4) is 0 Å². The zero-order valence-electron chi connectivity index (χ0n) is 10.7. The lowest BCUT2D eigenvalue weighted by Gasteiger charge is -2.25. The van der Waals surface area contributed by atoms with Crippen LogP contribution >= 0.6 is 11.8 Å². The predicted molar refractivity (Wildman–Crippen MR) is 71.0 cm³/mol. The van der Waals surface area contributed by atoms with Crippen molar-refractivity contribution in [1.82, 2.24) is 10.2 Å². The SMILES string of the molecule is O=C(CCN1CCSC1=O)NC1(C(=O)O)CCCC1. The summed E-state index contributed by atoms with van der Waals surface area (Å²) < 4.78 is 0. The summed E-state index contributed by atoms with van der Waals surface area (Å²) in [5.74, 6) is -0.473. The number of rotatable bonds is 5. The van der Waals surface area contributed by atoms with Crippen LogP contribution in [0.5, 0.6) is 0 Å². The minimum Gasteiger partial charge on any atom is -0.480 e. The van der Waals surface area contributed by atoms with E-state index in [4.69, 9.17) is 0 Å². The summed E-state index contributed by atoms with van der Waals surface area (Å²) in [6.07, 6.45) is 2.81. The van der Waals surface area contributed by atoms with Gasteiger partial charge in [-0.3, -0.25) is 9.59 Å². The Balaban J connectivity index is 1.83. The van der Waals surface area contributed by atoms with Crippen molar-refractivity contribution in [3.05, 3.63) is 0 Å². The highest BCUT2D eigenvalue weighted by Gasteiger charge is 2.42. The highest BCUT2D eigenvalue weighted by atomic mass is 32.2. The molecule has 2 amide bonds. The summed E-state index contributed by atoms with van der Waals surface area (Å²) >= 11 is 1.26. The van der Waals surface area contributed by atoms with Crippen molar-refractivity contribution in [1.29, 1.82) is 0 Å². The molecular formula is C12H18N2O4S. The molecule has 0 atom stereocenters. The third kappa shape index (κ3) is 3.20. The van der Waals surface area contributed by atoms with Crippen LogP contribution in [0.15, 0.2) is 0 Å². The Bertz CT molecular complexity index is 393. The first kappa shape index (κ1) is 14.2. The van der Waals surface area contributed by atoms with Crippen LogP contribution in [0, 0.1) is 0 Å². The van der Waals surface area contributed by atoms with Crippen LogP contribution in [0.1, 0.15) is 32.1 Å². The van der Waals surface area contributed by atoms with Crippen LogP contribution < -0.4 is 5.32 Å². The molecule has 0 spiro atoms. The molecule has 1 saturated heterocycles. The van der Waals surface area contributed by atoms with Crippen molar-refractivity contribution < 1.29 is 19.5 Å². The average molecular weight is 286 g/mol. The number of carbonyl (C=O) groups excluding carboxylic acids is 2. The molecule has 1 heterocycles. The van der Waals surface area contributed by atoms with E-state index in [9.17, 15) is 19.5 Å². The second kappa shape index (κ2) is 5.81. The molecule has 7 heteroatoms. The Labute approximate surface area is 115 Å². The third-order valence-electron chi connectivity index (χ3n) is 3.70. The Morgan fingerprint density at radius 2 is 2.05 bits per heavy atom. The second-order valence-corrected chi connectivity index (χ2v) is 6.04. The fourth-order valence-corrected chi connectivity index (χ4v) is 3.42. The molecule has 19 heavy (non-hydrogen) atoms. The highest BCUT2D eigenvalue weighted by molar-refractivity contribution is 8.13. The topological polar surface area (TPSA) is 86.7 Å². The number of carboxylic acid groups (broad SMARTS) is 1. The summed E-state index contributed by atoms with van der Waals surface area (Å²) in [6.45, 7) is 1.04. The van der Waals surface area contributed by atoms with Crippen LogP contribution in [0.4, 0.5) is 4.79 Å². The van der Waals surface area contributed by atoms with E-state index in [1.807, 2.05) is 0 Å². The van der Waals surface area contributed by atoms with Gasteiger partial charge < -0.3 is 15.3 Å². The molecule has 2 aliphatic rings. The quantitative estimate of drug-likeness (QED) is 0.789. The molecule has 0 aromatic rings. The predicted octanol–water partition coefficient (Wildman–Crippen LogP) is 1.06. The molecule has 1 saturated carbocycles. The van der Waals surface area contributed by atoms with Gasteiger partial charge in [0.1, 0.15) is 5.54 Å². The van der Waals surface area contributed by atoms with E-state index in [0.717, 1.165) is 18.6 Å². The zero-order chi connectivity index (χ0) is 13.9. The smallest absolute Gasteiger partial charge is 0.329 e. The van der Waals surface area contributed by atoms with E-state index in [2.05, 4.69) is 5.32 Å². The van der Waals surface area contributed by atoms with E-state index in [1.54, 1.807) is 4.90 Å². The van der Waals surface area contributed by atoms with Crippen LogP contribution in [-0.4, -0.2) is 51.5 Å². The number of hydrogen-bond acceptors (Lipinski definition) is 4. The van der Waals surface area contributed by atoms with Crippen molar-refractivity contribution in [2.75, 3.05) is 18.8 Å². The van der Waals surface area contributed by atoms with Crippen LogP contribution in [-0.2, 0) is 9.59 Å². The van der Waals surface area contributed by atoms with Gasteiger partial charge in [0.2, 0.25) is 5.91 Å². The van der Waals surface area contributed by atoms with Gasteiger partial charge in [-0.1, -0.05) is 24.6 Å². The van der Waals surface area contributed by atoms with Crippen LogP contribution in [0.25, 0.3) is 0 Å². The molecule has 106 valence electrons.